The molecule has 1 N–H and O–H groups in total. The van der Waals surface area contributed by atoms with Gasteiger partial charge >= 0.3 is 10.2 Å². The van der Waals surface area contributed by atoms with Gasteiger partial charge in [0, 0.05) is 14.1 Å². The Morgan fingerprint density at radius 2 is 1.63 bits per heavy atom. The molecule has 7 nitrogen and oxygen atoms in total. The Bertz CT molecular complexity index is 868. The Kier molecular flexibility index (Phi) is 6.81. The average Bonchev–Trinajstić information content (AvgIpc) is 2.61. The molecule has 0 spiro atoms. The van der Waals surface area contributed by atoms with Crippen molar-refractivity contribution in [3.63, 3.8) is 0 Å². The van der Waals surface area contributed by atoms with E-state index in [4.69, 9.17) is 4.74 Å². The molecular formula is C19H25N3O4S. The van der Waals surface area contributed by atoms with Gasteiger partial charge in [-0.2, -0.15) is 12.7 Å². The molecule has 0 saturated heterocycles. The molecule has 1 amide bonds. The van der Waals surface area contributed by atoms with Crippen LogP contribution in [-0.4, -0.2) is 45.4 Å². The number of carbonyl (C=O) groups excluding carboxylic acids is 1. The fourth-order valence-electron chi connectivity index (χ4n) is 2.34. The summed E-state index contributed by atoms with van der Waals surface area (Å²) < 4.78 is 33.2. The van der Waals surface area contributed by atoms with E-state index in [1.807, 2.05) is 13.8 Å². The number of rotatable bonds is 8. The van der Waals surface area contributed by atoms with Crippen molar-refractivity contribution in [1.29, 1.82) is 0 Å². The number of hydrogen-bond donors (Lipinski definition) is 1. The van der Waals surface area contributed by atoms with Gasteiger partial charge < -0.3 is 10.1 Å². The van der Waals surface area contributed by atoms with Gasteiger partial charge in [0.2, 0.25) is 5.91 Å². The van der Waals surface area contributed by atoms with Crippen molar-refractivity contribution in [2.75, 3.05) is 30.3 Å². The highest BCUT2D eigenvalue weighted by molar-refractivity contribution is 7.90. The molecular weight excluding hydrogens is 366 g/mol. The minimum Gasteiger partial charge on any atom is -0.489 e. The summed E-state index contributed by atoms with van der Waals surface area (Å²) in [6.45, 7) is 3.42. The second kappa shape index (κ2) is 8.88. The molecule has 0 atom stereocenters. The van der Waals surface area contributed by atoms with Crippen LogP contribution in [-0.2, 0) is 15.0 Å². The van der Waals surface area contributed by atoms with Crippen LogP contribution in [0.15, 0.2) is 54.6 Å². The molecule has 27 heavy (non-hydrogen) atoms. The Morgan fingerprint density at radius 3 is 2.22 bits per heavy atom. The maximum absolute atomic E-state index is 12.7. The van der Waals surface area contributed by atoms with Gasteiger partial charge in [-0.3, -0.25) is 4.79 Å². The molecule has 0 saturated carbocycles. The van der Waals surface area contributed by atoms with Crippen molar-refractivity contribution >= 4 is 27.5 Å². The lowest BCUT2D eigenvalue weighted by Gasteiger charge is -2.27. The Hall–Kier alpha value is -2.58. The number of para-hydroxylation sites is 3. The quantitative estimate of drug-likeness (QED) is 0.750. The van der Waals surface area contributed by atoms with Crippen molar-refractivity contribution in [3.05, 3.63) is 54.6 Å². The summed E-state index contributed by atoms with van der Waals surface area (Å²) in [6.07, 6.45) is -0.0574. The lowest BCUT2D eigenvalue weighted by Crippen LogP contribution is -2.44. The van der Waals surface area contributed by atoms with E-state index in [2.05, 4.69) is 5.32 Å². The Morgan fingerprint density at radius 1 is 1.04 bits per heavy atom. The first-order valence-corrected chi connectivity index (χ1v) is 9.92. The maximum Gasteiger partial charge on any atom is 0.304 e. The molecule has 146 valence electrons. The molecule has 0 aliphatic heterocycles. The first-order chi connectivity index (χ1) is 12.7. The first-order valence-electron chi connectivity index (χ1n) is 8.52. The molecule has 8 heteroatoms. The van der Waals surface area contributed by atoms with Gasteiger partial charge in [-0.1, -0.05) is 30.3 Å². The van der Waals surface area contributed by atoms with Gasteiger partial charge in [0.25, 0.3) is 0 Å². The fraction of sp³-hybridized carbons (Fsp3) is 0.316. The highest BCUT2D eigenvalue weighted by atomic mass is 32.2. The van der Waals surface area contributed by atoms with Crippen molar-refractivity contribution in [2.24, 2.45) is 0 Å². The molecule has 0 radical (unpaired) electrons. The van der Waals surface area contributed by atoms with Crippen LogP contribution in [0.2, 0.25) is 0 Å². The van der Waals surface area contributed by atoms with Crippen LogP contribution in [0.3, 0.4) is 0 Å². The van der Waals surface area contributed by atoms with E-state index in [-0.39, 0.29) is 12.6 Å². The number of benzene rings is 2. The predicted octanol–water partition coefficient (Wildman–Crippen LogP) is 2.73. The monoisotopic (exact) mass is 391 g/mol. The molecule has 2 rings (SSSR count). The molecule has 0 aliphatic rings. The van der Waals surface area contributed by atoms with Crippen LogP contribution < -0.4 is 14.4 Å². The second-order valence-corrected chi connectivity index (χ2v) is 8.41. The van der Waals surface area contributed by atoms with Crippen molar-refractivity contribution in [2.45, 2.75) is 20.0 Å². The van der Waals surface area contributed by atoms with E-state index in [0.29, 0.717) is 17.1 Å². The van der Waals surface area contributed by atoms with E-state index in [9.17, 15) is 13.2 Å². The van der Waals surface area contributed by atoms with Crippen LogP contribution in [0, 0.1) is 0 Å². The lowest BCUT2D eigenvalue weighted by molar-refractivity contribution is -0.114. The summed E-state index contributed by atoms with van der Waals surface area (Å²) in [5.41, 5.74) is 0.902. The third-order valence-corrected chi connectivity index (χ3v) is 5.41. The Balaban J connectivity index is 2.25. The molecule has 0 fully saturated rings. The largest absolute Gasteiger partial charge is 0.489 e. The minimum absolute atomic E-state index is 0.0574. The van der Waals surface area contributed by atoms with Gasteiger partial charge in [-0.15, -0.1) is 0 Å². The van der Waals surface area contributed by atoms with Crippen molar-refractivity contribution in [3.8, 4) is 5.75 Å². The highest BCUT2D eigenvalue weighted by Gasteiger charge is 2.27. The minimum atomic E-state index is -3.83. The first kappa shape index (κ1) is 20.7. The van der Waals surface area contributed by atoms with E-state index in [1.54, 1.807) is 54.6 Å². The summed E-state index contributed by atoms with van der Waals surface area (Å²) in [5.74, 6) is 0.0617. The fourth-order valence-corrected chi connectivity index (χ4v) is 3.41. The van der Waals surface area contributed by atoms with Crippen LogP contribution in [0.5, 0.6) is 5.75 Å². The zero-order valence-electron chi connectivity index (χ0n) is 15.9. The van der Waals surface area contributed by atoms with Crippen molar-refractivity contribution < 1.29 is 17.9 Å². The zero-order chi connectivity index (χ0) is 20.0. The lowest BCUT2D eigenvalue weighted by atomic mass is 10.2. The number of nitrogens with zero attached hydrogens (tertiary/aromatic N) is 2. The van der Waals surface area contributed by atoms with Crippen LogP contribution >= 0.6 is 0 Å². The number of carbonyl (C=O) groups is 1. The van der Waals surface area contributed by atoms with Crippen LogP contribution in [0.25, 0.3) is 0 Å². The van der Waals surface area contributed by atoms with E-state index in [1.165, 1.54) is 14.1 Å². The van der Waals surface area contributed by atoms with Gasteiger partial charge in [0.05, 0.1) is 17.5 Å². The second-order valence-electron chi connectivity index (χ2n) is 6.34. The predicted molar refractivity (Wildman–Crippen MR) is 107 cm³/mol. The number of nitrogens with one attached hydrogen (secondary N) is 1. The molecule has 2 aromatic carbocycles. The number of hydrogen-bond acceptors (Lipinski definition) is 4. The summed E-state index contributed by atoms with van der Waals surface area (Å²) >= 11 is 0. The van der Waals surface area contributed by atoms with Gasteiger partial charge in [0.15, 0.2) is 0 Å². The average molecular weight is 391 g/mol. The summed E-state index contributed by atoms with van der Waals surface area (Å²) in [4.78, 5) is 12.6. The Labute approximate surface area is 160 Å². The molecule has 2 aromatic rings. The molecule has 0 bridgehead atoms. The summed E-state index contributed by atoms with van der Waals surface area (Å²) in [6, 6.07) is 15.5. The molecule has 0 aliphatic carbocycles. The third kappa shape index (κ3) is 5.45. The van der Waals surface area contributed by atoms with Crippen molar-refractivity contribution in [1.82, 2.24) is 4.31 Å². The smallest absolute Gasteiger partial charge is 0.304 e. The zero-order valence-corrected chi connectivity index (χ0v) is 16.7. The van der Waals surface area contributed by atoms with Crippen LogP contribution in [0.4, 0.5) is 11.4 Å². The topological polar surface area (TPSA) is 79.0 Å². The van der Waals surface area contributed by atoms with Gasteiger partial charge in [-0.25, -0.2) is 4.31 Å². The van der Waals surface area contributed by atoms with Gasteiger partial charge in [-0.05, 0) is 38.1 Å². The number of amides is 1. The normalized spacial score (nSPS) is 11.5. The third-order valence-electron chi connectivity index (χ3n) is 3.60. The summed E-state index contributed by atoms with van der Waals surface area (Å²) in [7, 11) is -0.983. The SMILES string of the molecule is CC(C)Oc1ccccc1NC(=O)CN(c1ccccc1)S(=O)(=O)N(C)C. The molecule has 0 unspecified atom stereocenters. The highest BCUT2D eigenvalue weighted by Crippen LogP contribution is 2.25. The molecule has 0 heterocycles. The van der Waals surface area contributed by atoms with Gasteiger partial charge in [0.1, 0.15) is 12.3 Å². The maximum atomic E-state index is 12.7. The molecule has 0 aromatic heterocycles. The number of anilines is 2. The number of ether oxygens (including phenoxy) is 1. The standard InChI is InChI=1S/C19H25N3O4S/c1-15(2)26-18-13-9-8-12-17(18)20-19(23)14-22(27(24,25)21(3)4)16-10-6-5-7-11-16/h5-13,15H,14H2,1-4H3,(H,20,23). The van der Waals surface area contributed by atoms with E-state index in [0.717, 1.165) is 8.61 Å². The van der Waals surface area contributed by atoms with E-state index >= 15 is 0 Å². The van der Waals surface area contributed by atoms with Crippen LogP contribution in [0.1, 0.15) is 13.8 Å². The summed E-state index contributed by atoms with van der Waals surface area (Å²) in [5, 5.41) is 2.74. The van der Waals surface area contributed by atoms with E-state index < -0.39 is 16.1 Å².